The normalized spacial score (nSPS) is 21.3. The van der Waals surface area contributed by atoms with Crippen LogP contribution in [0, 0.1) is 0 Å². The van der Waals surface area contributed by atoms with E-state index in [4.69, 9.17) is 0 Å². The molecule has 0 radical (unpaired) electrons. The molecule has 7 heteroatoms. The highest BCUT2D eigenvalue weighted by atomic mass is 16.5. The zero-order valence-corrected chi connectivity index (χ0v) is 12.6. The fourth-order valence-corrected chi connectivity index (χ4v) is 1.96. The molecule has 1 saturated heterocycles. The van der Waals surface area contributed by atoms with Crippen molar-refractivity contribution in [1.29, 1.82) is 0 Å². The van der Waals surface area contributed by atoms with E-state index in [2.05, 4.69) is 15.2 Å². The highest BCUT2D eigenvalue weighted by Gasteiger charge is 2.46. The number of rotatable bonds is 4. The third-order valence-electron chi connectivity index (χ3n) is 3.60. The van der Waals surface area contributed by atoms with E-state index in [1.165, 1.54) is 13.3 Å². The number of benzene rings is 1. The number of hydrazone groups is 1. The van der Waals surface area contributed by atoms with Crippen LogP contribution in [0.15, 0.2) is 29.4 Å². The summed E-state index contributed by atoms with van der Waals surface area (Å²) in [5.74, 6) is -0.821. The van der Waals surface area contributed by atoms with E-state index in [1.807, 2.05) is 6.92 Å². The zero-order chi connectivity index (χ0) is 16.3. The van der Waals surface area contributed by atoms with Crippen LogP contribution >= 0.6 is 0 Å². The molecule has 7 nitrogen and oxygen atoms in total. The standard InChI is InChI=1S/C15H17N3O4/c1-4-15(2)13(20)18(14(21)17-15)16-9-10-5-7-11(8-6-10)12(19)22-3/h5-9H,4H2,1-3H3,(H,17,21)/b16-9-/t15-/m0/s1. The Morgan fingerprint density at radius 3 is 2.50 bits per heavy atom. The van der Waals surface area contributed by atoms with E-state index in [1.54, 1.807) is 31.2 Å². The third-order valence-corrected chi connectivity index (χ3v) is 3.60. The van der Waals surface area contributed by atoms with Crippen LogP contribution in [0.4, 0.5) is 4.79 Å². The molecular formula is C15H17N3O4. The fourth-order valence-electron chi connectivity index (χ4n) is 1.96. The smallest absolute Gasteiger partial charge is 0.346 e. The first-order valence-corrected chi connectivity index (χ1v) is 6.80. The van der Waals surface area contributed by atoms with Gasteiger partial charge in [-0.1, -0.05) is 19.1 Å². The second kappa shape index (κ2) is 5.97. The van der Waals surface area contributed by atoms with Crippen LogP contribution in [-0.4, -0.2) is 41.8 Å². The zero-order valence-electron chi connectivity index (χ0n) is 12.6. The van der Waals surface area contributed by atoms with Crippen molar-refractivity contribution < 1.29 is 19.1 Å². The van der Waals surface area contributed by atoms with Crippen LogP contribution in [-0.2, 0) is 9.53 Å². The summed E-state index contributed by atoms with van der Waals surface area (Å²) in [5, 5.41) is 7.35. The molecule has 1 fully saturated rings. The van der Waals surface area contributed by atoms with Crippen molar-refractivity contribution in [2.75, 3.05) is 7.11 Å². The Hall–Kier alpha value is -2.70. The summed E-state index contributed by atoms with van der Waals surface area (Å²) in [5.41, 5.74) is 0.148. The van der Waals surface area contributed by atoms with Crippen LogP contribution < -0.4 is 5.32 Å². The molecule has 1 atom stereocenters. The SMILES string of the molecule is CC[C@]1(C)NC(=O)N(/N=C\c2ccc(C(=O)OC)cc2)C1=O. The molecule has 1 aliphatic heterocycles. The van der Waals surface area contributed by atoms with Crippen LogP contribution in [0.5, 0.6) is 0 Å². The number of nitrogens with zero attached hydrogens (tertiary/aromatic N) is 2. The minimum atomic E-state index is -0.914. The number of carbonyl (C=O) groups is 3. The van der Waals surface area contributed by atoms with Crippen LogP contribution in [0.25, 0.3) is 0 Å². The highest BCUT2D eigenvalue weighted by molar-refractivity contribution is 6.07. The van der Waals surface area contributed by atoms with Gasteiger partial charge >= 0.3 is 12.0 Å². The monoisotopic (exact) mass is 303 g/mol. The number of nitrogens with one attached hydrogen (secondary N) is 1. The minimum Gasteiger partial charge on any atom is -0.465 e. The van der Waals surface area contributed by atoms with Gasteiger partial charge in [0.2, 0.25) is 0 Å². The Morgan fingerprint density at radius 1 is 1.36 bits per heavy atom. The molecule has 3 amide bonds. The number of carbonyl (C=O) groups excluding carboxylic acids is 3. The van der Waals surface area contributed by atoms with Gasteiger partial charge in [-0.05, 0) is 31.0 Å². The number of methoxy groups -OCH3 is 1. The van der Waals surface area contributed by atoms with Crippen molar-refractivity contribution in [3.63, 3.8) is 0 Å². The first-order chi connectivity index (χ1) is 10.4. The van der Waals surface area contributed by atoms with Gasteiger partial charge in [0.1, 0.15) is 5.54 Å². The molecule has 0 bridgehead atoms. The van der Waals surface area contributed by atoms with Gasteiger partial charge in [-0.15, -0.1) is 5.01 Å². The number of urea groups is 1. The molecule has 1 heterocycles. The topological polar surface area (TPSA) is 88.1 Å². The number of amides is 3. The van der Waals surface area contributed by atoms with Gasteiger partial charge in [-0.25, -0.2) is 9.59 Å². The average molecular weight is 303 g/mol. The molecule has 0 unspecified atom stereocenters. The summed E-state index contributed by atoms with van der Waals surface area (Å²) in [6.07, 6.45) is 1.87. The molecule has 0 aliphatic carbocycles. The van der Waals surface area contributed by atoms with Gasteiger partial charge in [0.05, 0.1) is 18.9 Å². The number of imide groups is 1. The molecule has 22 heavy (non-hydrogen) atoms. The average Bonchev–Trinajstić information content (AvgIpc) is 2.75. The lowest BCUT2D eigenvalue weighted by Crippen LogP contribution is -2.42. The predicted molar refractivity (Wildman–Crippen MR) is 79.4 cm³/mol. The lowest BCUT2D eigenvalue weighted by atomic mass is 10.00. The lowest BCUT2D eigenvalue weighted by molar-refractivity contribution is -0.130. The first kappa shape index (κ1) is 15.7. The molecule has 116 valence electrons. The molecule has 0 saturated carbocycles. The molecule has 1 aromatic carbocycles. The van der Waals surface area contributed by atoms with Crippen LogP contribution in [0.1, 0.15) is 36.2 Å². The van der Waals surface area contributed by atoms with E-state index in [0.717, 1.165) is 5.01 Å². The second-order valence-corrected chi connectivity index (χ2v) is 5.09. The van der Waals surface area contributed by atoms with E-state index in [9.17, 15) is 14.4 Å². The minimum absolute atomic E-state index is 0.387. The lowest BCUT2D eigenvalue weighted by Gasteiger charge is -2.17. The van der Waals surface area contributed by atoms with E-state index < -0.39 is 17.5 Å². The number of esters is 1. The van der Waals surface area contributed by atoms with Crippen molar-refractivity contribution in [2.24, 2.45) is 5.10 Å². The molecule has 1 aromatic rings. The largest absolute Gasteiger partial charge is 0.465 e. The van der Waals surface area contributed by atoms with Gasteiger partial charge in [0.25, 0.3) is 5.91 Å². The number of hydrogen-bond donors (Lipinski definition) is 1. The van der Waals surface area contributed by atoms with E-state index >= 15 is 0 Å². The summed E-state index contributed by atoms with van der Waals surface area (Å²) in [6.45, 7) is 3.48. The Balaban J connectivity index is 2.14. The summed E-state index contributed by atoms with van der Waals surface area (Å²) < 4.78 is 4.60. The Bertz CT molecular complexity index is 639. The van der Waals surface area contributed by atoms with Gasteiger partial charge in [0, 0.05) is 0 Å². The highest BCUT2D eigenvalue weighted by Crippen LogP contribution is 2.20. The van der Waals surface area contributed by atoms with Crippen molar-refractivity contribution in [1.82, 2.24) is 10.3 Å². The number of hydrogen-bond acceptors (Lipinski definition) is 5. The Morgan fingerprint density at radius 2 is 2.00 bits per heavy atom. The Labute approximate surface area is 127 Å². The molecular weight excluding hydrogens is 286 g/mol. The first-order valence-electron chi connectivity index (χ1n) is 6.80. The quantitative estimate of drug-likeness (QED) is 0.519. The third kappa shape index (κ3) is 2.83. The fraction of sp³-hybridized carbons (Fsp3) is 0.333. The van der Waals surface area contributed by atoms with Crippen LogP contribution in [0.3, 0.4) is 0 Å². The van der Waals surface area contributed by atoms with E-state index in [0.29, 0.717) is 17.5 Å². The summed E-state index contributed by atoms with van der Waals surface area (Å²) in [6, 6.07) is 5.90. The van der Waals surface area contributed by atoms with Gasteiger partial charge in [-0.2, -0.15) is 5.10 Å². The van der Waals surface area contributed by atoms with Gasteiger partial charge < -0.3 is 10.1 Å². The van der Waals surface area contributed by atoms with Crippen molar-refractivity contribution >= 4 is 24.1 Å². The Kier molecular flexibility index (Phi) is 4.25. The van der Waals surface area contributed by atoms with Gasteiger partial charge in [-0.3, -0.25) is 4.79 Å². The van der Waals surface area contributed by atoms with Crippen molar-refractivity contribution in [3.8, 4) is 0 Å². The maximum Gasteiger partial charge on any atom is 0.346 e. The van der Waals surface area contributed by atoms with Gasteiger partial charge in [0.15, 0.2) is 0 Å². The molecule has 0 aromatic heterocycles. The van der Waals surface area contributed by atoms with Crippen molar-refractivity contribution in [3.05, 3.63) is 35.4 Å². The summed E-state index contributed by atoms with van der Waals surface area (Å²) in [7, 11) is 1.31. The molecule has 1 aliphatic rings. The van der Waals surface area contributed by atoms with E-state index in [-0.39, 0.29) is 5.91 Å². The molecule has 1 N–H and O–H groups in total. The maximum atomic E-state index is 12.1. The van der Waals surface area contributed by atoms with Crippen LogP contribution in [0.2, 0.25) is 0 Å². The van der Waals surface area contributed by atoms with Crippen molar-refractivity contribution in [2.45, 2.75) is 25.8 Å². The summed E-state index contributed by atoms with van der Waals surface area (Å²) in [4.78, 5) is 35.2. The number of ether oxygens (including phenoxy) is 1. The summed E-state index contributed by atoms with van der Waals surface area (Å²) >= 11 is 0. The maximum absolute atomic E-state index is 12.1. The predicted octanol–water partition coefficient (Wildman–Crippen LogP) is 1.53. The molecule has 2 rings (SSSR count). The molecule has 0 spiro atoms. The second-order valence-electron chi connectivity index (χ2n) is 5.09.